The molecule has 0 unspecified atom stereocenters. The van der Waals surface area contributed by atoms with Crippen LogP contribution in [0.2, 0.25) is 0 Å². The number of nitrogens with one attached hydrogen (secondary N) is 2. The third-order valence-electron chi connectivity index (χ3n) is 3.34. The number of halogens is 1. The van der Waals surface area contributed by atoms with E-state index < -0.39 is 10.0 Å². The van der Waals surface area contributed by atoms with Gasteiger partial charge in [-0.25, -0.2) is 0 Å². The Hall–Kier alpha value is -2.30. The van der Waals surface area contributed by atoms with Crippen molar-refractivity contribution in [1.29, 1.82) is 0 Å². The fourth-order valence-corrected chi connectivity index (χ4v) is 4.30. The van der Waals surface area contributed by atoms with E-state index in [0.29, 0.717) is 11.3 Å². The second-order valence-electron chi connectivity index (χ2n) is 5.25. The minimum absolute atomic E-state index is 0.106. The maximum atomic E-state index is 12.4. The van der Waals surface area contributed by atoms with Crippen molar-refractivity contribution in [3.63, 3.8) is 0 Å². The van der Waals surface area contributed by atoms with E-state index in [1.54, 1.807) is 36.4 Å². The van der Waals surface area contributed by atoms with Crippen LogP contribution in [0, 0.1) is 6.92 Å². The van der Waals surface area contributed by atoms with Crippen molar-refractivity contribution in [2.24, 2.45) is 0 Å². The van der Waals surface area contributed by atoms with E-state index in [4.69, 9.17) is 0 Å². The molecule has 0 saturated heterocycles. The molecular formula is C16H13BrN4O3S2. The summed E-state index contributed by atoms with van der Waals surface area (Å²) in [5.74, 6) is -0.371. The quantitative estimate of drug-likeness (QED) is 0.575. The van der Waals surface area contributed by atoms with E-state index in [9.17, 15) is 13.2 Å². The van der Waals surface area contributed by atoms with Gasteiger partial charge < -0.3 is 0 Å². The zero-order valence-corrected chi connectivity index (χ0v) is 16.7. The Morgan fingerprint density at radius 1 is 1.08 bits per heavy atom. The maximum absolute atomic E-state index is 12.4. The van der Waals surface area contributed by atoms with Crippen LogP contribution in [0.15, 0.2) is 57.3 Å². The summed E-state index contributed by atoms with van der Waals surface area (Å²) in [7, 11) is -3.89. The number of amides is 1. The van der Waals surface area contributed by atoms with Gasteiger partial charge in [0.1, 0.15) is 0 Å². The minimum Gasteiger partial charge on any atom is -0.296 e. The molecule has 0 bridgehead atoms. The number of aromatic nitrogens is 2. The number of carbonyl (C=O) groups excluding carboxylic acids is 1. The number of hydrogen-bond donors (Lipinski definition) is 2. The fraction of sp³-hybridized carbons (Fsp3) is 0.0625. The van der Waals surface area contributed by atoms with Gasteiger partial charge in [0.15, 0.2) is 0 Å². The summed E-state index contributed by atoms with van der Waals surface area (Å²) in [5.41, 5.74) is 1.69. The Bertz CT molecular complexity index is 1050. The Labute approximate surface area is 162 Å². The van der Waals surface area contributed by atoms with Gasteiger partial charge in [0, 0.05) is 15.7 Å². The Morgan fingerprint density at radius 3 is 2.46 bits per heavy atom. The summed E-state index contributed by atoms with van der Waals surface area (Å²) in [5, 5.41) is 10.1. The number of carbonyl (C=O) groups is 1. The van der Waals surface area contributed by atoms with Crippen LogP contribution in [0.25, 0.3) is 0 Å². The van der Waals surface area contributed by atoms with E-state index in [2.05, 4.69) is 36.2 Å². The van der Waals surface area contributed by atoms with Gasteiger partial charge in [-0.3, -0.25) is 14.8 Å². The molecule has 2 N–H and O–H groups in total. The summed E-state index contributed by atoms with van der Waals surface area (Å²) in [6.07, 6.45) is 0. The first-order valence-electron chi connectivity index (χ1n) is 7.34. The van der Waals surface area contributed by atoms with Gasteiger partial charge in [0.2, 0.25) is 5.13 Å². The second-order valence-corrected chi connectivity index (χ2v) is 9.00. The Balaban J connectivity index is 1.75. The predicted octanol–water partition coefficient (Wildman–Crippen LogP) is 3.66. The largest absolute Gasteiger partial charge is 0.296 e. The third-order valence-corrected chi connectivity index (χ3v) is 6.46. The summed E-state index contributed by atoms with van der Waals surface area (Å²) in [6, 6.07) is 13.7. The van der Waals surface area contributed by atoms with Crippen molar-refractivity contribution < 1.29 is 13.2 Å². The lowest BCUT2D eigenvalue weighted by molar-refractivity contribution is 0.102. The van der Waals surface area contributed by atoms with Crippen molar-refractivity contribution in [1.82, 2.24) is 10.2 Å². The molecule has 2 aromatic carbocycles. The summed E-state index contributed by atoms with van der Waals surface area (Å²) in [6.45, 7) is 1.81. The first-order valence-corrected chi connectivity index (χ1v) is 10.4. The molecule has 134 valence electrons. The molecule has 0 aliphatic carbocycles. The van der Waals surface area contributed by atoms with Crippen molar-refractivity contribution in [2.45, 2.75) is 11.3 Å². The van der Waals surface area contributed by atoms with E-state index in [1.165, 1.54) is 0 Å². The lowest BCUT2D eigenvalue weighted by Gasteiger charge is -2.05. The first-order chi connectivity index (χ1) is 12.3. The van der Waals surface area contributed by atoms with Crippen LogP contribution in [-0.4, -0.2) is 24.5 Å². The molecule has 3 rings (SSSR count). The van der Waals surface area contributed by atoms with E-state index in [0.717, 1.165) is 21.4 Å². The molecule has 1 amide bonds. The van der Waals surface area contributed by atoms with Gasteiger partial charge in [-0.15, -0.1) is 10.2 Å². The number of anilines is 2. The molecule has 26 heavy (non-hydrogen) atoms. The van der Waals surface area contributed by atoms with Crippen LogP contribution in [0.4, 0.5) is 10.8 Å². The molecule has 7 nitrogen and oxygen atoms in total. The van der Waals surface area contributed by atoms with Crippen LogP contribution < -0.4 is 10.0 Å². The lowest BCUT2D eigenvalue weighted by atomic mass is 10.1. The van der Waals surface area contributed by atoms with Crippen LogP contribution in [0.3, 0.4) is 0 Å². The predicted molar refractivity (Wildman–Crippen MR) is 104 cm³/mol. The standard InChI is InChI=1S/C16H13BrN4O3S2/c1-10-4-2-3-5-13(10)14(22)18-15-19-20-16(25-15)26(23,24)21-12-8-6-11(17)7-9-12/h2-9,21H,1H3,(H,18,19,22). The zero-order valence-electron chi connectivity index (χ0n) is 13.4. The SMILES string of the molecule is Cc1ccccc1C(=O)Nc1nnc(S(=O)(=O)Nc2ccc(Br)cc2)s1. The van der Waals surface area contributed by atoms with Crippen LogP contribution >= 0.6 is 27.3 Å². The summed E-state index contributed by atoms with van der Waals surface area (Å²) < 4.78 is 27.8. The number of hydrogen-bond acceptors (Lipinski definition) is 6. The highest BCUT2D eigenvalue weighted by molar-refractivity contribution is 9.10. The third kappa shape index (κ3) is 4.26. The van der Waals surface area contributed by atoms with E-state index in [1.807, 2.05) is 19.1 Å². The monoisotopic (exact) mass is 452 g/mol. The maximum Gasteiger partial charge on any atom is 0.291 e. The molecule has 1 heterocycles. The van der Waals surface area contributed by atoms with E-state index in [-0.39, 0.29) is 15.4 Å². The summed E-state index contributed by atoms with van der Waals surface area (Å²) in [4.78, 5) is 12.3. The smallest absolute Gasteiger partial charge is 0.291 e. The number of nitrogens with zero attached hydrogens (tertiary/aromatic N) is 2. The molecular weight excluding hydrogens is 440 g/mol. The van der Waals surface area contributed by atoms with Crippen LogP contribution in [0.1, 0.15) is 15.9 Å². The summed E-state index contributed by atoms with van der Waals surface area (Å²) >= 11 is 4.06. The highest BCUT2D eigenvalue weighted by Gasteiger charge is 2.21. The van der Waals surface area contributed by atoms with Gasteiger partial charge in [-0.1, -0.05) is 45.5 Å². The molecule has 10 heteroatoms. The average Bonchev–Trinajstić information content (AvgIpc) is 3.06. The van der Waals surface area contributed by atoms with Crippen LogP contribution in [-0.2, 0) is 10.0 Å². The van der Waals surface area contributed by atoms with Crippen molar-refractivity contribution >= 4 is 54.0 Å². The van der Waals surface area contributed by atoms with Crippen molar-refractivity contribution in [3.05, 3.63) is 64.1 Å². The Morgan fingerprint density at radius 2 is 1.77 bits per heavy atom. The molecule has 0 fully saturated rings. The molecule has 0 aliphatic rings. The number of benzene rings is 2. The van der Waals surface area contributed by atoms with Gasteiger partial charge >= 0.3 is 0 Å². The van der Waals surface area contributed by atoms with Crippen molar-refractivity contribution in [2.75, 3.05) is 10.0 Å². The van der Waals surface area contributed by atoms with Crippen molar-refractivity contribution in [3.8, 4) is 0 Å². The number of aryl methyl sites for hydroxylation is 1. The zero-order chi connectivity index (χ0) is 18.7. The molecule has 0 spiro atoms. The van der Waals surface area contributed by atoms with E-state index >= 15 is 0 Å². The fourth-order valence-electron chi connectivity index (χ4n) is 2.08. The molecule has 3 aromatic rings. The number of rotatable bonds is 5. The molecule has 0 aliphatic heterocycles. The highest BCUT2D eigenvalue weighted by atomic mass is 79.9. The minimum atomic E-state index is -3.89. The van der Waals surface area contributed by atoms with Crippen LogP contribution in [0.5, 0.6) is 0 Å². The highest BCUT2D eigenvalue weighted by Crippen LogP contribution is 2.24. The van der Waals surface area contributed by atoms with Gasteiger partial charge in [-0.05, 0) is 42.8 Å². The normalized spacial score (nSPS) is 11.2. The van der Waals surface area contributed by atoms with Gasteiger partial charge in [0.25, 0.3) is 20.3 Å². The average molecular weight is 453 g/mol. The molecule has 0 radical (unpaired) electrons. The molecule has 0 saturated carbocycles. The van der Waals surface area contributed by atoms with Gasteiger partial charge in [0.05, 0.1) is 0 Å². The Kier molecular flexibility index (Phi) is 5.35. The molecule has 0 atom stereocenters. The lowest BCUT2D eigenvalue weighted by Crippen LogP contribution is -2.13. The topological polar surface area (TPSA) is 101 Å². The second kappa shape index (κ2) is 7.52. The molecule has 1 aromatic heterocycles. The number of sulfonamides is 1. The first kappa shape index (κ1) is 18.5. The van der Waals surface area contributed by atoms with Gasteiger partial charge in [-0.2, -0.15) is 8.42 Å².